The van der Waals surface area contributed by atoms with Crippen molar-refractivity contribution in [2.24, 2.45) is 0 Å². The van der Waals surface area contributed by atoms with Crippen molar-refractivity contribution in [1.29, 1.82) is 0 Å². The van der Waals surface area contributed by atoms with Gasteiger partial charge in [0.25, 0.3) is 0 Å². The van der Waals surface area contributed by atoms with Crippen molar-refractivity contribution in [3.8, 4) is 5.88 Å². The summed E-state index contributed by atoms with van der Waals surface area (Å²) in [6.45, 7) is 4.93. The van der Waals surface area contributed by atoms with Gasteiger partial charge in [0, 0.05) is 30.8 Å². The van der Waals surface area contributed by atoms with E-state index < -0.39 is 0 Å². The standard InChI is InChI=1S/C13H18N6O/c1-9-10(3-4-12(14-9)20-2)7-19-6-5-11(8-19)13-15-17-18-16-13/h3-4,11H,5-8H2,1-2H3,(H,15,16,17,18). The molecule has 1 saturated heterocycles. The van der Waals surface area contributed by atoms with E-state index in [1.54, 1.807) is 7.11 Å². The summed E-state index contributed by atoms with van der Waals surface area (Å²) in [6, 6.07) is 4.00. The van der Waals surface area contributed by atoms with Gasteiger partial charge in [0.1, 0.15) is 0 Å². The van der Waals surface area contributed by atoms with Gasteiger partial charge in [-0.2, -0.15) is 5.21 Å². The van der Waals surface area contributed by atoms with Crippen LogP contribution in [0.5, 0.6) is 5.88 Å². The third-order valence-corrected chi connectivity index (χ3v) is 3.77. The van der Waals surface area contributed by atoms with Crippen LogP contribution in [0.2, 0.25) is 0 Å². The fourth-order valence-corrected chi connectivity index (χ4v) is 2.62. The Balaban J connectivity index is 1.64. The molecule has 0 aromatic carbocycles. The van der Waals surface area contributed by atoms with Crippen molar-refractivity contribution >= 4 is 0 Å². The van der Waals surface area contributed by atoms with E-state index in [1.165, 1.54) is 5.56 Å². The lowest BCUT2D eigenvalue weighted by atomic mass is 10.1. The Kier molecular flexibility index (Phi) is 3.60. The fraction of sp³-hybridized carbons (Fsp3) is 0.538. The Hall–Kier alpha value is -2.02. The molecule has 7 nitrogen and oxygen atoms in total. The van der Waals surface area contributed by atoms with Gasteiger partial charge < -0.3 is 4.74 Å². The maximum Gasteiger partial charge on any atom is 0.213 e. The van der Waals surface area contributed by atoms with Gasteiger partial charge in [0.15, 0.2) is 5.82 Å². The molecule has 7 heteroatoms. The minimum Gasteiger partial charge on any atom is -0.481 e. The third kappa shape index (κ3) is 2.62. The number of hydrogen-bond acceptors (Lipinski definition) is 6. The van der Waals surface area contributed by atoms with Crippen LogP contribution in [0, 0.1) is 6.92 Å². The summed E-state index contributed by atoms with van der Waals surface area (Å²) in [7, 11) is 1.64. The Morgan fingerprint density at radius 1 is 1.45 bits per heavy atom. The van der Waals surface area contributed by atoms with Crippen molar-refractivity contribution in [3.63, 3.8) is 0 Å². The number of aromatic amines is 1. The van der Waals surface area contributed by atoms with Crippen molar-refractivity contribution in [3.05, 3.63) is 29.2 Å². The SMILES string of the molecule is COc1ccc(CN2CCC(c3nn[nH]n3)C2)c(C)n1. The molecule has 0 saturated carbocycles. The highest BCUT2D eigenvalue weighted by Gasteiger charge is 2.27. The summed E-state index contributed by atoms with van der Waals surface area (Å²) in [4.78, 5) is 6.81. The van der Waals surface area contributed by atoms with Gasteiger partial charge in [-0.15, -0.1) is 10.2 Å². The lowest BCUT2D eigenvalue weighted by Crippen LogP contribution is -2.20. The average Bonchev–Trinajstić information content (AvgIpc) is 3.11. The van der Waals surface area contributed by atoms with Gasteiger partial charge in [-0.05, 0) is 25.5 Å². The normalized spacial score (nSPS) is 19.4. The highest BCUT2D eigenvalue weighted by Crippen LogP contribution is 2.25. The molecule has 1 aliphatic rings. The van der Waals surface area contributed by atoms with Crippen LogP contribution in [-0.2, 0) is 6.54 Å². The number of ether oxygens (including phenoxy) is 1. The van der Waals surface area contributed by atoms with E-state index in [4.69, 9.17) is 4.74 Å². The minimum atomic E-state index is 0.375. The summed E-state index contributed by atoms with van der Waals surface area (Å²) in [5, 5.41) is 14.3. The van der Waals surface area contributed by atoms with Crippen LogP contribution < -0.4 is 4.74 Å². The first-order valence-corrected chi connectivity index (χ1v) is 6.72. The zero-order chi connectivity index (χ0) is 13.9. The smallest absolute Gasteiger partial charge is 0.213 e. The quantitative estimate of drug-likeness (QED) is 0.892. The Morgan fingerprint density at radius 2 is 2.35 bits per heavy atom. The molecule has 20 heavy (non-hydrogen) atoms. The molecule has 0 radical (unpaired) electrons. The third-order valence-electron chi connectivity index (χ3n) is 3.77. The van der Waals surface area contributed by atoms with Crippen LogP contribution in [0.25, 0.3) is 0 Å². The molecule has 1 unspecified atom stereocenters. The molecule has 0 bridgehead atoms. The van der Waals surface area contributed by atoms with E-state index in [0.29, 0.717) is 11.8 Å². The summed E-state index contributed by atoms with van der Waals surface area (Å²) in [5.74, 6) is 1.86. The zero-order valence-electron chi connectivity index (χ0n) is 11.7. The molecule has 2 aromatic heterocycles. The van der Waals surface area contributed by atoms with Gasteiger partial charge in [0.2, 0.25) is 5.88 Å². The largest absolute Gasteiger partial charge is 0.481 e. The molecule has 0 spiro atoms. The van der Waals surface area contributed by atoms with E-state index >= 15 is 0 Å². The van der Waals surface area contributed by atoms with E-state index in [-0.39, 0.29) is 0 Å². The molecule has 0 aliphatic carbocycles. The van der Waals surface area contributed by atoms with Gasteiger partial charge in [-0.25, -0.2) is 4.98 Å². The number of tetrazole rings is 1. The molecular formula is C13H18N6O. The number of likely N-dealkylation sites (tertiary alicyclic amines) is 1. The predicted octanol–water partition coefficient (Wildman–Crippen LogP) is 0.901. The van der Waals surface area contributed by atoms with Gasteiger partial charge >= 0.3 is 0 Å². The van der Waals surface area contributed by atoms with Crippen molar-refractivity contribution in [1.82, 2.24) is 30.5 Å². The molecule has 2 aromatic rings. The second kappa shape index (κ2) is 5.54. The zero-order valence-corrected chi connectivity index (χ0v) is 11.7. The van der Waals surface area contributed by atoms with Crippen LogP contribution in [0.3, 0.4) is 0 Å². The second-order valence-corrected chi connectivity index (χ2v) is 5.09. The Morgan fingerprint density at radius 3 is 3.05 bits per heavy atom. The summed E-state index contributed by atoms with van der Waals surface area (Å²) < 4.78 is 5.13. The molecule has 106 valence electrons. The fourth-order valence-electron chi connectivity index (χ4n) is 2.62. The first kappa shape index (κ1) is 13.0. The molecule has 1 N–H and O–H groups in total. The number of nitrogens with zero attached hydrogens (tertiary/aromatic N) is 5. The number of rotatable bonds is 4. The summed E-state index contributed by atoms with van der Waals surface area (Å²) in [5.41, 5.74) is 2.26. The number of hydrogen-bond donors (Lipinski definition) is 1. The Bertz CT molecular complexity index is 570. The Labute approximate surface area is 117 Å². The molecule has 0 amide bonds. The topological polar surface area (TPSA) is 79.8 Å². The predicted molar refractivity (Wildman–Crippen MR) is 72.3 cm³/mol. The maximum absolute atomic E-state index is 5.13. The van der Waals surface area contributed by atoms with Crippen molar-refractivity contribution in [2.45, 2.75) is 25.8 Å². The van der Waals surface area contributed by atoms with Gasteiger partial charge in [-0.1, -0.05) is 11.3 Å². The van der Waals surface area contributed by atoms with Crippen molar-refractivity contribution in [2.75, 3.05) is 20.2 Å². The van der Waals surface area contributed by atoms with Crippen LogP contribution >= 0.6 is 0 Å². The van der Waals surface area contributed by atoms with Crippen LogP contribution in [-0.4, -0.2) is 50.7 Å². The lowest BCUT2D eigenvalue weighted by Gasteiger charge is -2.16. The van der Waals surface area contributed by atoms with Crippen LogP contribution in [0.15, 0.2) is 12.1 Å². The van der Waals surface area contributed by atoms with E-state index in [2.05, 4.69) is 36.6 Å². The average molecular weight is 274 g/mol. The number of aryl methyl sites for hydroxylation is 1. The summed E-state index contributed by atoms with van der Waals surface area (Å²) in [6.07, 6.45) is 1.07. The minimum absolute atomic E-state index is 0.375. The first-order chi connectivity index (χ1) is 9.76. The molecule has 1 aliphatic heterocycles. The molecule has 3 rings (SSSR count). The van der Waals surface area contributed by atoms with Crippen LogP contribution in [0.4, 0.5) is 0 Å². The molecule has 1 fully saturated rings. The van der Waals surface area contributed by atoms with Crippen molar-refractivity contribution < 1.29 is 4.74 Å². The highest BCUT2D eigenvalue weighted by atomic mass is 16.5. The maximum atomic E-state index is 5.13. The number of nitrogens with one attached hydrogen (secondary N) is 1. The highest BCUT2D eigenvalue weighted by molar-refractivity contribution is 5.25. The lowest BCUT2D eigenvalue weighted by molar-refractivity contribution is 0.323. The van der Waals surface area contributed by atoms with E-state index in [1.807, 2.05) is 13.0 Å². The molecule has 1 atom stereocenters. The van der Waals surface area contributed by atoms with Gasteiger partial charge in [-0.3, -0.25) is 4.90 Å². The van der Waals surface area contributed by atoms with E-state index in [9.17, 15) is 0 Å². The number of pyridine rings is 1. The second-order valence-electron chi connectivity index (χ2n) is 5.09. The van der Waals surface area contributed by atoms with Crippen LogP contribution in [0.1, 0.15) is 29.4 Å². The van der Waals surface area contributed by atoms with E-state index in [0.717, 1.165) is 37.6 Å². The summed E-state index contributed by atoms with van der Waals surface area (Å²) >= 11 is 0. The molecule has 3 heterocycles. The number of H-pyrrole nitrogens is 1. The molecular weight excluding hydrogens is 256 g/mol. The number of methoxy groups -OCH3 is 1. The first-order valence-electron chi connectivity index (χ1n) is 6.72. The number of aromatic nitrogens is 5. The van der Waals surface area contributed by atoms with Gasteiger partial charge in [0.05, 0.1) is 7.11 Å². The monoisotopic (exact) mass is 274 g/mol.